The van der Waals surface area contributed by atoms with E-state index in [1.54, 1.807) is 0 Å². The minimum Gasteiger partial charge on any atom is -0.399 e. The van der Waals surface area contributed by atoms with E-state index in [0.29, 0.717) is 0 Å². The molecule has 1 unspecified atom stereocenters. The minimum absolute atomic E-state index is 0.731. The highest BCUT2D eigenvalue weighted by Gasteiger charge is 2.20. The first-order chi connectivity index (χ1) is 10.2. The monoisotopic (exact) mass is 284 g/mol. The molecule has 1 aromatic carbocycles. The molecule has 0 saturated carbocycles. The van der Waals surface area contributed by atoms with Crippen LogP contribution in [-0.2, 0) is 0 Å². The molecule has 0 radical (unpaired) electrons. The molecule has 1 aromatic heterocycles. The fourth-order valence-corrected chi connectivity index (χ4v) is 3.14. The van der Waals surface area contributed by atoms with Crippen LogP contribution < -0.4 is 11.1 Å². The summed E-state index contributed by atoms with van der Waals surface area (Å²) in [5, 5.41) is 4.74. The van der Waals surface area contributed by atoms with E-state index in [-0.39, 0.29) is 0 Å². The van der Waals surface area contributed by atoms with Gasteiger partial charge in [-0.1, -0.05) is 6.92 Å². The molecule has 4 nitrogen and oxygen atoms in total. The molecule has 3 N–H and O–H groups in total. The van der Waals surface area contributed by atoms with Crippen molar-refractivity contribution in [3.63, 3.8) is 0 Å². The number of nitrogens with zero attached hydrogens (tertiary/aromatic N) is 2. The van der Waals surface area contributed by atoms with Crippen LogP contribution in [0.4, 0.5) is 11.4 Å². The van der Waals surface area contributed by atoms with E-state index in [9.17, 15) is 0 Å². The van der Waals surface area contributed by atoms with Crippen LogP contribution in [0.2, 0.25) is 0 Å². The molecule has 3 rings (SSSR count). The number of nitrogens with two attached hydrogens (primary N) is 1. The summed E-state index contributed by atoms with van der Waals surface area (Å²) in [5.41, 5.74) is 9.91. The molecule has 0 spiro atoms. The summed E-state index contributed by atoms with van der Waals surface area (Å²) in [6.45, 7) is 8.88. The van der Waals surface area contributed by atoms with Crippen molar-refractivity contribution in [2.24, 2.45) is 5.92 Å². The third-order valence-electron chi connectivity index (χ3n) is 4.36. The summed E-state index contributed by atoms with van der Waals surface area (Å²) in [7, 11) is 0. The predicted molar refractivity (Wildman–Crippen MR) is 89.6 cm³/mol. The second kappa shape index (κ2) is 5.90. The Balaban J connectivity index is 1.78. The van der Waals surface area contributed by atoms with Gasteiger partial charge >= 0.3 is 0 Å². The third kappa shape index (κ3) is 3.10. The number of aromatic nitrogens is 1. The molecule has 1 atom stereocenters. The number of pyridine rings is 1. The van der Waals surface area contributed by atoms with Gasteiger partial charge in [0.15, 0.2) is 0 Å². The lowest BCUT2D eigenvalue weighted by atomic mass is 10.1. The Kier molecular flexibility index (Phi) is 3.97. The Bertz CT molecular complexity index is 638. The van der Waals surface area contributed by atoms with E-state index < -0.39 is 0 Å². The smallest absolute Gasteiger partial charge is 0.0727 e. The molecule has 1 aliphatic rings. The van der Waals surface area contributed by atoms with Crippen molar-refractivity contribution in [3.8, 4) is 0 Å². The van der Waals surface area contributed by atoms with Crippen molar-refractivity contribution in [1.29, 1.82) is 0 Å². The maximum absolute atomic E-state index is 5.92. The highest BCUT2D eigenvalue weighted by molar-refractivity contribution is 5.93. The van der Waals surface area contributed by atoms with Gasteiger partial charge in [0.25, 0.3) is 0 Å². The van der Waals surface area contributed by atoms with Gasteiger partial charge in [0.05, 0.1) is 5.52 Å². The molecule has 0 aliphatic carbocycles. The Morgan fingerprint density at radius 3 is 3.00 bits per heavy atom. The van der Waals surface area contributed by atoms with Crippen LogP contribution in [0.15, 0.2) is 24.3 Å². The second-order valence-electron chi connectivity index (χ2n) is 6.02. The maximum Gasteiger partial charge on any atom is 0.0727 e. The van der Waals surface area contributed by atoms with E-state index >= 15 is 0 Å². The number of aryl methyl sites for hydroxylation is 1. The molecule has 1 fully saturated rings. The van der Waals surface area contributed by atoms with Crippen LogP contribution in [0.5, 0.6) is 0 Å². The zero-order valence-corrected chi connectivity index (χ0v) is 12.9. The molecule has 4 heteroatoms. The molecule has 2 heterocycles. The van der Waals surface area contributed by atoms with E-state index in [1.165, 1.54) is 19.5 Å². The Morgan fingerprint density at radius 1 is 1.38 bits per heavy atom. The van der Waals surface area contributed by atoms with Gasteiger partial charge in [0.1, 0.15) is 0 Å². The first kappa shape index (κ1) is 14.1. The molecule has 21 heavy (non-hydrogen) atoms. The van der Waals surface area contributed by atoms with Gasteiger partial charge in [-0.15, -0.1) is 0 Å². The fourth-order valence-electron chi connectivity index (χ4n) is 3.14. The largest absolute Gasteiger partial charge is 0.399 e. The van der Waals surface area contributed by atoms with Gasteiger partial charge in [0.2, 0.25) is 0 Å². The zero-order chi connectivity index (χ0) is 14.8. The topological polar surface area (TPSA) is 54.2 Å². The molecular weight excluding hydrogens is 260 g/mol. The Labute approximate surface area is 126 Å². The summed E-state index contributed by atoms with van der Waals surface area (Å²) < 4.78 is 0. The molecule has 0 bridgehead atoms. The molecule has 0 amide bonds. The SMILES string of the molecule is CCN1CCC(CNc2cc(C)nc3ccc(N)cc23)C1. The van der Waals surface area contributed by atoms with Crippen LogP contribution in [0.25, 0.3) is 10.9 Å². The van der Waals surface area contributed by atoms with Crippen molar-refractivity contribution < 1.29 is 0 Å². The van der Waals surface area contributed by atoms with Crippen LogP contribution >= 0.6 is 0 Å². The van der Waals surface area contributed by atoms with Crippen molar-refractivity contribution in [1.82, 2.24) is 9.88 Å². The average Bonchev–Trinajstić information content (AvgIpc) is 2.93. The van der Waals surface area contributed by atoms with Crippen LogP contribution in [-0.4, -0.2) is 36.1 Å². The van der Waals surface area contributed by atoms with Gasteiger partial charge in [-0.2, -0.15) is 0 Å². The number of rotatable bonds is 4. The Morgan fingerprint density at radius 2 is 2.24 bits per heavy atom. The summed E-state index contributed by atoms with van der Waals surface area (Å²) in [5.74, 6) is 0.731. The highest BCUT2D eigenvalue weighted by atomic mass is 15.1. The molecule has 112 valence electrons. The van der Waals surface area contributed by atoms with E-state index in [2.05, 4.69) is 28.2 Å². The normalized spacial score (nSPS) is 19.2. The van der Waals surface area contributed by atoms with Crippen molar-refractivity contribution >= 4 is 22.3 Å². The number of likely N-dealkylation sites (tertiary alicyclic amines) is 1. The lowest BCUT2D eigenvalue weighted by molar-refractivity contribution is 0.345. The number of anilines is 2. The van der Waals surface area contributed by atoms with Crippen LogP contribution in [0.3, 0.4) is 0 Å². The summed E-state index contributed by atoms with van der Waals surface area (Å²) in [6.07, 6.45) is 1.28. The van der Waals surface area contributed by atoms with Crippen molar-refractivity contribution in [2.75, 3.05) is 37.2 Å². The summed E-state index contributed by atoms with van der Waals surface area (Å²) in [4.78, 5) is 7.09. The second-order valence-corrected chi connectivity index (χ2v) is 6.02. The van der Waals surface area contributed by atoms with Gasteiger partial charge in [-0.05, 0) is 56.6 Å². The summed E-state index contributed by atoms with van der Waals surface area (Å²) >= 11 is 0. The quantitative estimate of drug-likeness (QED) is 0.848. The minimum atomic E-state index is 0.731. The van der Waals surface area contributed by atoms with Gasteiger partial charge < -0.3 is 16.0 Å². The zero-order valence-electron chi connectivity index (χ0n) is 12.9. The fraction of sp³-hybridized carbons (Fsp3) is 0.471. The predicted octanol–water partition coefficient (Wildman–Crippen LogP) is 2.88. The number of hydrogen-bond acceptors (Lipinski definition) is 4. The number of benzene rings is 1. The van der Waals surface area contributed by atoms with Gasteiger partial charge in [0, 0.05) is 35.5 Å². The van der Waals surface area contributed by atoms with Crippen molar-refractivity contribution in [2.45, 2.75) is 20.3 Å². The Hall–Kier alpha value is -1.81. The summed E-state index contributed by atoms with van der Waals surface area (Å²) in [6, 6.07) is 8.04. The molecule has 1 saturated heterocycles. The molecule has 1 aliphatic heterocycles. The standard InChI is InChI=1S/C17H24N4/c1-3-21-7-6-13(11-21)10-19-17-8-12(2)20-16-5-4-14(18)9-15(16)17/h4-5,8-9,13H,3,6-7,10-11,18H2,1-2H3,(H,19,20). The first-order valence-electron chi connectivity index (χ1n) is 7.79. The molecule has 2 aromatic rings. The maximum atomic E-state index is 5.92. The van der Waals surface area contributed by atoms with E-state index in [4.69, 9.17) is 5.73 Å². The first-order valence-corrected chi connectivity index (χ1v) is 7.79. The highest BCUT2D eigenvalue weighted by Crippen LogP contribution is 2.26. The van der Waals surface area contributed by atoms with Crippen molar-refractivity contribution in [3.05, 3.63) is 30.0 Å². The van der Waals surface area contributed by atoms with E-state index in [0.717, 1.165) is 47.0 Å². The lowest BCUT2D eigenvalue weighted by Gasteiger charge is -2.16. The number of nitrogen functional groups attached to an aromatic ring is 1. The van der Waals surface area contributed by atoms with Gasteiger partial charge in [-0.3, -0.25) is 4.98 Å². The molecular formula is C17H24N4. The number of fused-ring (bicyclic) bond motifs is 1. The number of hydrogen-bond donors (Lipinski definition) is 2. The third-order valence-corrected chi connectivity index (χ3v) is 4.36. The van der Waals surface area contributed by atoms with Crippen LogP contribution in [0, 0.1) is 12.8 Å². The average molecular weight is 284 g/mol. The van der Waals surface area contributed by atoms with E-state index in [1.807, 2.05) is 25.1 Å². The number of nitrogens with one attached hydrogen (secondary N) is 1. The lowest BCUT2D eigenvalue weighted by Crippen LogP contribution is -2.22. The van der Waals surface area contributed by atoms with Gasteiger partial charge in [-0.25, -0.2) is 0 Å². The van der Waals surface area contributed by atoms with Crippen LogP contribution in [0.1, 0.15) is 19.0 Å².